The number of hydrogen-bond acceptors (Lipinski definition) is 5. The van der Waals surface area contributed by atoms with Crippen LogP contribution in [-0.4, -0.2) is 50.0 Å². The second kappa shape index (κ2) is 11.5. The summed E-state index contributed by atoms with van der Waals surface area (Å²) < 4.78 is 33.3. The molecule has 1 N–H and O–H groups in total. The third-order valence-electron chi connectivity index (χ3n) is 8.51. The normalized spacial score (nSPS) is 17.4. The molecule has 3 aromatic carbocycles. The first-order valence-corrected chi connectivity index (χ1v) is 14.3. The molecule has 0 saturated heterocycles. The molecule has 5 aliphatic rings. The fourth-order valence-electron chi connectivity index (χ4n) is 6.31. The van der Waals surface area contributed by atoms with E-state index in [0.717, 1.165) is 58.1 Å². The summed E-state index contributed by atoms with van der Waals surface area (Å²) in [7, 11) is 0. The average Bonchev–Trinajstić information content (AvgIpc) is 3.39. The molecule has 218 valence electrons. The number of ether oxygens (including phenoxy) is 1. The second-order valence-corrected chi connectivity index (χ2v) is 11.1. The third-order valence-corrected chi connectivity index (χ3v) is 8.51. The van der Waals surface area contributed by atoms with E-state index in [4.69, 9.17) is 4.74 Å². The predicted octanol–water partition coefficient (Wildman–Crippen LogP) is 5.87. The summed E-state index contributed by atoms with van der Waals surface area (Å²) in [5, 5.41) is 18.7. The number of aryl methyl sites for hydroxylation is 3. The molecule has 8 nitrogen and oxygen atoms in total. The highest BCUT2D eigenvalue weighted by atomic mass is 19.3. The van der Waals surface area contributed by atoms with E-state index in [0.29, 0.717) is 43.6 Å². The molecular weight excluding hydrogens is 542 g/mol. The first-order chi connectivity index (χ1) is 20.3. The molecule has 10 heteroatoms. The summed E-state index contributed by atoms with van der Waals surface area (Å²) in [5.74, 6) is -1.54. The first-order valence-electron chi connectivity index (χ1n) is 14.3. The molecule has 1 atom stereocenters. The molecule has 0 fully saturated rings. The summed E-state index contributed by atoms with van der Waals surface area (Å²) in [6.45, 7) is 0.431. The molecule has 5 aliphatic heterocycles. The van der Waals surface area contributed by atoms with E-state index in [1.54, 1.807) is 17.0 Å². The molecule has 9 rings (SSSR count). The summed E-state index contributed by atoms with van der Waals surface area (Å²) in [6, 6.07) is 14.8. The maximum atomic E-state index is 13.6. The van der Waals surface area contributed by atoms with Gasteiger partial charge < -0.3 is 14.7 Å². The van der Waals surface area contributed by atoms with Crippen molar-refractivity contribution in [2.75, 3.05) is 6.54 Å². The van der Waals surface area contributed by atoms with Crippen molar-refractivity contribution in [1.29, 1.82) is 0 Å². The number of amides is 1. The Balaban J connectivity index is 1.44. The molecule has 6 heterocycles. The van der Waals surface area contributed by atoms with Gasteiger partial charge in [0.15, 0.2) is 0 Å². The minimum absolute atomic E-state index is 0.0336. The van der Waals surface area contributed by atoms with Crippen molar-refractivity contribution in [2.24, 2.45) is 0 Å². The van der Waals surface area contributed by atoms with E-state index in [-0.39, 0.29) is 18.1 Å². The first kappa shape index (κ1) is 27.8. The van der Waals surface area contributed by atoms with Gasteiger partial charge in [0.2, 0.25) is 0 Å². The lowest BCUT2D eigenvalue weighted by atomic mass is 9.83. The van der Waals surface area contributed by atoms with Crippen molar-refractivity contribution in [3.63, 3.8) is 0 Å². The lowest BCUT2D eigenvalue weighted by Gasteiger charge is -2.30. The number of rotatable bonds is 4. The molecule has 1 aromatic heterocycles. The van der Waals surface area contributed by atoms with Crippen LogP contribution < -0.4 is 4.74 Å². The molecular formula is C32H32F2N4O4. The molecule has 4 aromatic rings. The van der Waals surface area contributed by atoms with Gasteiger partial charge in [-0.1, -0.05) is 42.0 Å². The Morgan fingerprint density at radius 2 is 1.86 bits per heavy atom. The van der Waals surface area contributed by atoms with Crippen LogP contribution in [0, 0.1) is 6.92 Å². The molecule has 0 spiro atoms. The number of carbonyl (C=O) groups is 2. The Labute approximate surface area is 241 Å². The Bertz CT molecular complexity index is 1670. The number of benzene rings is 3. The summed E-state index contributed by atoms with van der Waals surface area (Å²) in [5.41, 5.74) is 7.26. The lowest BCUT2D eigenvalue weighted by molar-refractivity contribution is -0.137. The van der Waals surface area contributed by atoms with Gasteiger partial charge in [-0.2, -0.15) is 8.78 Å². The van der Waals surface area contributed by atoms with Crippen molar-refractivity contribution in [3.8, 4) is 5.75 Å². The standard InChI is InChI=1S/C32H32F2N4O4/c1-19-25-10-11-27-30(19)35-36-38(27)13-4-2-3-5-21-7-9-23(16-28(21)42-32(33)34)31(41)37-14-12-20-6-8-22(15-24(20)18-37)26(25)17-29(39)40/h6-11,15-16,26,32H,2-5,12-14,17-18H2,1H3,(H,39,40)/t26-/m0/s1. The van der Waals surface area contributed by atoms with Crippen LogP contribution in [0.3, 0.4) is 0 Å². The van der Waals surface area contributed by atoms with Crippen LogP contribution >= 0.6 is 0 Å². The van der Waals surface area contributed by atoms with Gasteiger partial charge >= 0.3 is 12.6 Å². The topological polar surface area (TPSA) is 97.5 Å². The van der Waals surface area contributed by atoms with Gasteiger partial charge in [-0.05, 0) is 84.2 Å². The largest absolute Gasteiger partial charge is 0.481 e. The van der Waals surface area contributed by atoms with E-state index in [1.165, 1.54) is 6.07 Å². The molecule has 0 aliphatic carbocycles. The summed E-state index contributed by atoms with van der Waals surface area (Å²) in [6.07, 6.45) is 3.48. The van der Waals surface area contributed by atoms with Gasteiger partial charge in [-0.25, -0.2) is 4.68 Å². The summed E-state index contributed by atoms with van der Waals surface area (Å²) in [4.78, 5) is 27.3. The van der Waals surface area contributed by atoms with E-state index >= 15 is 0 Å². The van der Waals surface area contributed by atoms with Crippen molar-refractivity contribution >= 4 is 22.9 Å². The number of hydrogen-bond donors (Lipinski definition) is 1. The number of nitrogens with zero attached hydrogens (tertiary/aromatic N) is 4. The van der Waals surface area contributed by atoms with Gasteiger partial charge in [0, 0.05) is 31.1 Å². The highest BCUT2D eigenvalue weighted by molar-refractivity contribution is 5.95. The number of carbonyl (C=O) groups excluding carboxylic acids is 1. The van der Waals surface area contributed by atoms with E-state index < -0.39 is 18.5 Å². The van der Waals surface area contributed by atoms with Crippen molar-refractivity contribution < 1.29 is 28.2 Å². The Kier molecular flexibility index (Phi) is 7.62. The highest BCUT2D eigenvalue weighted by Crippen LogP contribution is 2.36. The van der Waals surface area contributed by atoms with Crippen molar-refractivity contribution in [1.82, 2.24) is 19.9 Å². The highest BCUT2D eigenvalue weighted by Gasteiger charge is 2.27. The van der Waals surface area contributed by atoms with Crippen LogP contribution in [0.5, 0.6) is 5.75 Å². The van der Waals surface area contributed by atoms with E-state index in [9.17, 15) is 23.5 Å². The van der Waals surface area contributed by atoms with Crippen LogP contribution in [0.4, 0.5) is 8.78 Å². The average molecular weight is 575 g/mol. The van der Waals surface area contributed by atoms with Gasteiger partial charge in [-0.3, -0.25) is 9.59 Å². The minimum atomic E-state index is -2.99. The van der Waals surface area contributed by atoms with Gasteiger partial charge in [-0.15, -0.1) is 5.10 Å². The fraction of sp³-hybridized carbons (Fsp3) is 0.375. The van der Waals surface area contributed by atoms with Crippen molar-refractivity contribution in [3.05, 3.63) is 87.5 Å². The molecule has 0 saturated carbocycles. The van der Waals surface area contributed by atoms with Crippen LogP contribution in [0.1, 0.15) is 75.3 Å². The van der Waals surface area contributed by atoms with E-state index in [2.05, 4.69) is 10.3 Å². The molecule has 0 radical (unpaired) electrons. The van der Waals surface area contributed by atoms with Gasteiger partial charge in [0.25, 0.3) is 5.91 Å². The lowest BCUT2D eigenvalue weighted by Crippen LogP contribution is -2.36. The van der Waals surface area contributed by atoms with Crippen molar-refractivity contribution in [2.45, 2.75) is 71.1 Å². The minimum Gasteiger partial charge on any atom is -0.481 e. The zero-order valence-corrected chi connectivity index (χ0v) is 23.4. The number of aromatic nitrogens is 3. The predicted molar refractivity (Wildman–Crippen MR) is 152 cm³/mol. The molecule has 42 heavy (non-hydrogen) atoms. The maximum absolute atomic E-state index is 13.6. The SMILES string of the molecule is Cc1c2ccc3c1nnn3CCCCCc1ccc(cc1OC(F)F)C(=O)N1CCc3ccc(cc3C1)[C@@H]2CC(=O)O. The Morgan fingerprint density at radius 1 is 1.02 bits per heavy atom. The molecule has 9 bridgehead atoms. The van der Waals surface area contributed by atoms with Crippen LogP contribution in [0.15, 0.2) is 48.5 Å². The number of carboxylic acids is 1. The molecule has 0 unspecified atom stereocenters. The van der Waals surface area contributed by atoms with Crippen LogP contribution in [0.2, 0.25) is 0 Å². The number of alkyl halides is 2. The van der Waals surface area contributed by atoms with Crippen LogP contribution in [-0.2, 0) is 30.7 Å². The number of carboxylic acid groups (broad SMARTS) is 1. The number of halogens is 2. The van der Waals surface area contributed by atoms with Gasteiger partial charge in [0.1, 0.15) is 11.3 Å². The maximum Gasteiger partial charge on any atom is 0.387 e. The second-order valence-electron chi connectivity index (χ2n) is 11.1. The quantitative estimate of drug-likeness (QED) is 0.327. The smallest absolute Gasteiger partial charge is 0.387 e. The number of aliphatic carboxylic acids is 1. The van der Waals surface area contributed by atoms with Crippen LogP contribution in [0.25, 0.3) is 11.0 Å². The Morgan fingerprint density at radius 3 is 2.67 bits per heavy atom. The zero-order chi connectivity index (χ0) is 29.4. The zero-order valence-electron chi connectivity index (χ0n) is 23.4. The van der Waals surface area contributed by atoms with Gasteiger partial charge in [0.05, 0.1) is 11.9 Å². The fourth-order valence-corrected chi connectivity index (χ4v) is 6.31. The summed E-state index contributed by atoms with van der Waals surface area (Å²) >= 11 is 0. The Hall–Kier alpha value is -4.34. The monoisotopic (exact) mass is 574 g/mol. The third kappa shape index (κ3) is 5.45. The molecule has 1 amide bonds. The van der Waals surface area contributed by atoms with E-state index in [1.807, 2.05) is 41.9 Å².